The summed E-state index contributed by atoms with van der Waals surface area (Å²) in [6, 6.07) is 11.0. The lowest BCUT2D eigenvalue weighted by molar-refractivity contribution is -0.123. The highest BCUT2D eigenvalue weighted by Crippen LogP contribution is 2.26. The molecule has 110 valence electrons. The summed E-state index contributed by atoms with van der Waals surface area (Å²) in [5, 5.41) is 2.79. The summed E-state index contributed by atoms with van der Waals surface area (Å²) < 4.78 is 10.9. The summed E-state index contributed by atoms with van der Waals surface area (Å²) in [7, 11) is 0. The number of carbonyl (C=O) groups excluding carboxylic acids is 1. The summed E-state index contributed by atoms with van der Waals surface area (Å²) in [5.74, 6) is 1.03. The van der Waals surface area contributed by atoms with Crippen molar-refractivity contribution in [1.29, 1.82) is 0 Å². The Morgan fingerprint density at radius 3 is 2.43 bits per heavy atom. The first-order valence-electron chi connectivity index (χ1n) is 6.80. The minimum atomic E-state index is -0.182. The molecule has 1 amide bonds. The molecular weight excluding hydrogens is 268 g/mol. The van der Waals surface area contributed by atoms with Crippen LogP contribution in [0, 0.1) is 0 Å². The van der Waals surface area contributed by atoms with E-state index in [9.17, 15) is 4.79 Å². The summed E-state index contributed by atoms with van der Waals surface area (Å²) in [5.41, 5.74) is 0.994. The maximum atomic E-state index is 11.8. The number of nitrogens with one attached hydrogen (secondary N) is 1. The Morgan fingerprint density at radius 2 is 1.76 bits per heavy atom. The molecule has 1 N–H and O–H groups in total. The maximum Gasteiger partial charge on any atom is 0.258 e. The van der Waals surface area contributed by atoms with Crippen LogP contribution in [0.25, 0.3) is 0 Å². The highest BCUT2D eigenvalue weighted by molar-refractivity contribution is 5.77. The van der Waals surface area contributed by atoms with Crippen LogP contribution in [0.5, 0.6) is 11.5 Å². The van der Waals surface area contributed by atoms with Crippen LogP contribution in [0.2, 0.25) is 0 Å². The van der Waals surface area contributed by atoms with Gasteiger partial charge in [-0.05, 0) is 36.8 Å². The molecule has 0 aliphatic carbocycles. The van der Waals surface area contributed by atoms with Crippen molar-refractivity contribution in [2.45, 2.75) is 13.5 Å². The molecule has 0 unspecified atom stereocenters. The standard InChI is InChI=1S/C16H18N2O3/c1-2-20-14-5-3-4-6-15(14)21-12-16(19)18-11-13-7-9-17-10-8-13/h3-10H,2,11-12H2,1H3,(H,18,19). The number of ether oxygens (including phenoxy) is 2. The van der Waals surface area contributed by atoms with Crippen molar-refractivity contribution in [1.82, 2.24) is 10.3 Å². The normalized spacial score (nSPS) is 9.95. The van der Waals surface area contributed by atoms with E-state index in [-0.39, 0.29) is 12.5 Å². The molecule has 1 heterocycles. The molecule has 5 heteroatoms. The zero-order chi connectivity index (χ0) is 14.9. The number of para-hydroxylation sites is 2. The van der Waals surface area contributed by atoms with E-state index in [4.69, 9.17) is 9.47 Å². The number of amides is 1. The Bertz CT molecular complexity index is 573. The first-order valence-corrected chi connectivity index (χ1v) is 6.80. The van der Waals surface area contributed by atoms with Gasteiger partial charge in [0.15, 0.2) is 18.1 Å². The highest BCUT2D eigenvalue weighted by Gasteiger charge is 2.07. The highest BCUT2D eigenvalue weighted by atomic mass is 16.5. The van der Waals surface area contributed by atoms with Crippen molar-refractivity contribution in [3.63, 3.8) is 0 Å². The molecule has 0 saturated carbocycles. The fourth-order valence-corrected chi connectivity index (χ4v) is 1.74. The third-order valence-corrected chi connectivity index (χ3v) is 2.75. The van der Waals surface area contributed by atoms with Crippen molar-refractivity contribution in [2.75, 3.05) is 13.2 Å². The van der Waals surface area contributed by atoms with E-state index in [1.807, 2.05) is 37.3 Å². The molecule has 0 atom stereocenters. The fraction of sp³-hybridized carbons (Fsp3) is 0.250. The van der Waals surface area contributed by atoms with Crippen LogP contribution >= 0.6 is 0 Å². The Balaban J connectivity index is 1.81. The molecule has 5 nitrogen and oxygen atoms in total. The lowest BCUT2D eigenvalue weighted by Crippen LogP contribution is -2.28. The fourth-order valence-electron chi connectivity index (χ4n) is 1.74. The summed E-state index contributed by atoms with van der Waals surface area (Å²) >= 11 is 0. The van der Waals surface area contributed by atoms with Crippen molar-refractivity contribution >= 4 is 5.91 Å². The van der Waals surface area contributed by atoms with Crippen molar-refractivity contribution in [3.05, 3.63) is 54.4 Å². The third-order valence-electron chi connectivity index (χ3n) is 2.75. The van der Waals surface area contributed by atoms with Gasteiger partial charge in [-0.15, -0.1) is 0 Å². The van der Waals surface area contributed by atoms with Crippen LogP contribution in [0.1, 0.15) is 12.5 Å². The van der Waals surface area contributed by atoms with Gasteiger partial charge in [-0.3, -0.25) is 9.78 Å². The summed E-state index contributed by atoms with van der Waals surface area (Å²) in [6.07, 6.45) is 3.38. The van der Waals surface area contributed by atoms with Gasteiger partial charge in [-0.25, -0.2) is 0 Å². The Morgan fingerprint density at radius 1 is 1.10 bits per heavy atom. The van der Waals surface area contributed by atoms with E-state index in [0.29, 0.717) is 24.7 Å². The Hall–Kier alpha value is -2.56. The second-order valence-corrected chi connectivity index (χ2v) is 4.30. The second-order valence-electron chi connectivity index (χ2n) is 4.30. The molecule has 1 aromatic heterocycles. The maximum absolute atomic E-state index is 11.8. The van der Waals surface area contributed by atoms with E-state index in [2.05, 4.69) is 10.3 Å². The van der Waals surface area contributed by atoms with Crippen LogP contribution in [-0.4, -0.2) is 24.1 Å². The SMILES string of the molecule is CCOc1ccccc1OCC(=O)NCc1ccncc1. The molecule has 2 aromatic rings. The number of rotatable bonds is 7. The lowest BCUT2D eigenvalue weighted by atomic mass is 10.3. The van der Waals surface area contributed by atoms with Crippen LogP contribution in [-0.2, 0) is 11.3 Å². The molecule has 0 aliphatic rings. The number of benzene rings is 1. The number of nitrogens with zero attached hydrogens (tertiary/aromatic N) is 1. The quantitative estimate of drug-likeness (QED) is 0.847. The molecular formula is C16H18N2O3. The molecule has 2 rings (SSSR count). The number of pyridine rings is 1. The van der Waals surface area contributed by atoms with Gasteiger partial charge in [-0.2, -0.15) is 0 Å². The molecule has 1 aromatic carbocycles. The van der Waals surface area contributed by atoms with Crippen LogP contribution < -0.4 is 14.8 Å². The molecule has 0 bridgehead atoms. The number of carbonyl (C=O) groups is 1. The summed E-state index contributed by atoms with van der Waals surface area (Å²) in [6.45, 7) is 2.86. The predicted octanol–water partition coefficient (Wildman–Crippen LogP) is 2.18. The van der Waals surface area contributed by atoms with Crippen LogP contribution in [0.4, 0.5) is 0 Å². The average Bonchev–Trinajstić information content (AvgIpc) is 2.53. The smallest absolute Gasteiger partial charge is 0.258 e. The first kappa shape index (κ1) is 14.8. The van der Waals surface area contributed by atoms with E-state index < -0.39 is 0 Å². The minimum absolute atomic E-state index is 0.0465. The van der Waals surface area contributed by atoms with Gasteiger partial charge >= 0.3 is 0 Å². The molecule has 0 spiro atoms. The molecule has 0 saturated heterocycles. The second kappa shape index (κ2) is 7.89. The monoisotopic (exact) mass is 286 g/mol. The summed E-state index contributed by atoms with van der Waals surface area (Å²) in [4.78, 5) is 15.7. The van der Waals surface area contributed by atoms with E-state index >= 15 is 0 Å². The van der Waals surface area contributed by atoms with Crippen molar-refractivity contribution < 1.29 is 14.3 Å². The number of hydrogen-bond donors (Lipinski definition) is 1. The van der Waals surface area contributed by atoms with E-state index in [0.717, 1.165) is 5.56 Å². The molecule has 0 radical (unpaired) electrons. The lowest BCUT2D eigenvalue weighted by Gasteiger charge is -2.11. The Kier molecular flexibility index (Phi) is 5.58. The van der Waals surface area contributed by atoms with Gasteiger partial charge in [0, 0.05) is 18.9 Å². The van der Waals surface area contributed by atoms with E-state index in [1.54, 1.807) is 18.5 Å². The molecule has 21 heavy (non-hydrogen) atoms. The van der Waals surface area contributed by atoms with Gasteiger partial charge in [0.2, 0.25) is 0 Å². The van der Waals surface area contributed by atoms with Crippen molar-refractivity contribution in [2.24, 2.45) is 0 Å². The zero-order valence-corrected chi connectivity index (χ0v) is 11.9. The zero-order valence-electron chi connectivity index (χ0n) is 11.9. The number of hydrogen-bond acceptors (Lipinski definition) is 4. The van der Waals surface area contributed by atoms with Gasteiger partial charge in [0.05, 0.1) is 6.61 Å². The average molecular weight is 286 g/mol. The van der Waals surface area contributed by atoms with Gasteiger partial charge in [0.1, 0.15) is 0 Å². The van der Waals surface area contributed by atoms with Crippen molar-refractivity contribution in [3.8, 4) is 11.5 Å². The van der Waals surface area contributed by atoms with Gasteiger partial charge < -0.3 is 14.8 Å². The third kappa shape index (κ3) is 4.80. The van der Waals surface area contributed by atoms with E-state index in [1.165, 1.54) is 0 Å². The predicted molar refractivity (Wildman–Crippen MR) is 79.2 cm³/mol. The molecule has 0 aliphatic heterocycles. The van der Waals surface area contributed by atoms with Crippen LogP contribution in [0.15, 0.2) is 48.8 Å². The largest absolute Gasteiger partial charge is 0.490 e. The van der Waals surface area contributed by atoms with Crippen LogP contribution in [0.3, 0.4) is 0 Å². The Labute approximate surface area is 123 Å². The topological polar surface area (TPSA) is 60.5 Å². The van der Waals surface area contributed by atoms with Gasteiger partial charge in [0.25, 0.3) is 5.91 Å². The first-order chi connectivity index (χ1) is 10.3. The van der Waals surface area contributed by atoms with Gasteiger partial charge in [-0.1, -0.05) is 12.1 Å². The number of aromatic nitrogens is 1. The minimum Gasteiger partial charge on any atom is -0.490 e. The molecule has 0 fully saturated rings.